The van der Waals surface area contributed by atoms with Gasteiger partial charge in [-0.1, -0.05) is 32.9 Å². The minimum Gasteiger partial charge on any atom is -0.378 e. The summed E-state index contributed by atoms with van der Waals surface area (Å²) in [6, 6.07) is 10.5. The highest BCUT2D eigenvalue weighted by Gasteiger charge is 2.44. The second-order valence-electron chi connectivity index (χ2n) is 13.3. The van der Waals surface area contributed by atoms with Crippen molar-refractivity contribution in [2.24, 2.45) is 0 Å². The number of nitrogens with one attached hydrogen (secondary N) is 2. The van der Waals surface area contributed by atoms with E-state index in [0.29, 0.717) is 61.3 Å². The molecule has 5 rings (SSSR count). The van der Waals surface area contributed by atoms with E-state index in [1.807, 2.05) is 58.0 Å². The molecule has 2 aromatic heterocycles. The smallest absolute Gasteiger partial charge is 0.324 e. The van der Waals surface area contributed by atoms with Crippen LogP contribution >= 0.6 is 11.3 Å². The van der Waals surface area contributed by atoms with Gasteiger partial charge in [0, 0.05) is 58.4 Å². The molecule has 0 unspecified atom stereocenters. The van der Waals surface area contributed by atoms with Crippen LogP contribution < -0.4 is 10.6 Å². The number of thiophene rings is 1. The molecule has 0 radical (unpaired) electrons. The molecule has 0 atom stereocenters. The lowest BCUT2D eigenvalue weighted by Gasteiger charge is -2.44. The van der Waals surface area contributed by atoms with Gasteiger partial charge in [0.15, 0.2) is 0 Å². The van der Waals surface area contributed by atoms with Crippen molar-refractivity contribution in [3.05, 3.63) is 64.3 Å². The Labute approximate surface area is 276 Å². The number of aromatic nitrogens is 1. The minimum absolute atomic E-state index is 0. The van der Waals surface area contributed by atoms with E-state index >= 15 is 0 Å². The molecule has 248 valence electrons. The summed E-state index contributed by atoms with van der Waals surface area (Å²) in [4.78, 5) is 63.3. The summed E-state index contributed by atoms with van der Waals surface area (Å²) in [6.07, 6.45) is 1.67. The molecule has 5 amide bonds. The monoisotopic (exact) mass is 650 g/mol. The Morgan fingerprint density at radius 2 is 1.70 bits per heavy atom. The molecule has 11 nitrogen and oxygen atoms in total. The minimum atomic E-state index is -1.02. The first-order valence-electron chi connectivity index (χ1n) is 15.4. The number of morpholine rings is 1. The first-order chi connectivity index (χ1) is 21.7. The van der Waals surface area contributed by atoms with Gasteiger partial charge in [-0.05, 0) is 61.6 Å². The highest BCUT2D eigenvalue weighted by molar-refractivity contribution is 7.16. The van der Waals surface area contributed by atoms with Crippen LogP contribution in [0.4, 0.5) is 15.5 Å². The number of urea groups is 1. The van der Waals surface area contributed by atoms with Crippen LogP contribution in [0.1, 0.15) is 68.8 Å². The van der Waals surface area contributed by atoms with Gasteiger partial charge in [0.1, 0.15) is 16.2 Å². The number of amides is 5. The van der Waals surface area contributed by atoms with Crippen LogP contribution in [0.2, 0.25) is 0 Å². The molecule has 1 aromatic carbocycles. The Hall–Kier alpha value is -4.29. The van der Waals surface area contributed by atoms with Gasteiger partial charge in [-0.2, -0.15) is 0 Å². The first kappa shape index (κ1) is 33.1. The summed E-state index contributed by atoms with van der Waals surface area (Å²) in [5, 5.41) is 6.23. The van der Waals surface area contributed by atoms with Crippen LogP contribution in [-0.2, 0) is 14.9 Å². The fraction of sp³-hybridized carbons (Fsp3) is 0.441. The van der Waals surface area contributed by atoms with Crippen molar-refractivity contribution in [3.63, 3.8) is 0 Å². The maximum absolute atomic E-state index is 13.9. The first-order valence-corrected chi connectivity index (χ1v) is 16.2. The molecule has 0 saturated carbocycles. The standard InChI is InChI=1S/C34H42N6O5S.2H2/c1-21-8-10-23(18-24(21)22-9-11-26(35-20-22)30(42)39-14-16-45-17-15-39)36-32(44)37-28-25(19-27(46-28)33(2,3)4)29(41)40-13-12-38(7)31(43)34(40,5)6;;/h8-11,18-20H,12-17H2,1-7H3,(H2,36,37,44);2*1H. The summed E-state index contributed by atoms with van der Waals surface area (Å²) in [5.74, 6) is -0.550. The number of carbonyl (C=O) groups is 4. The second-order valence-corrected chi connectivity index (χ2v) is 14.3. The molecule has 0 spiro atoms. The Morgan fingerprint density at radius 3 is 2.35 bits per heavy atom. The van der Waals surface area contributed by atoms with Crippen LogP contribution in [-0.4, -0.2) is 95.4 Å². The van der Waals surface area contributed by atoms with Crippen LogP contribution in [0.3, 0.4) is 0 Å². The van der Waals surface area contributed by atoms with E-state index in [-0.39, 0.29) is 26.0 Å². The zero-order chi connectivity index (χ0) is 33.4. The highest BCUT2D eigenvalue weighted by atomic mass is 32.1. The summed E-state index contributed by atoms with van der Waals surface area (Å²) < 4.78 is 5.34. The predicted molar refractivity (Wildman–Crippen MR) is 184 cm³/mol. The Kier molecular flexibility index (Phi) is 9.23. The number of ether oxygens (including phenoxy) is 1. The molecule has 46 heavy (non-hydrogen) atoms. The van der Waals surface area contributed by atoms with Crippen molar-refractivity contribution in [2.45, 2.75) is 52.5 Å². The third-order valence-electron chi connectivity index (χ3n) is 8.47. The number of piperazine rings is 1. The summed E-state index contributed by atoms with van der Waals surface area (Å²) in [7, 11) is 1.74. The molecule has 2 fully saturated rings. The molecule has 4 heterocycles. The second kappa shape index (κ2) is 12.8. The molecule has 12 heteroatoms. The van der Waals surface area contributed by atoms with Crippen molar-refractivity contribution >= 4 is 45.8 Å². The number of likely N-dealkylation sites (N-methyl/N-ethyl adjacent to an activating group) is 1. The molecule has 2 N–H and O–H groups in total. The van der Waals surface area contributed by atoms with Gasteiger partial charge in [-0.3, -0.25) is 24.7 Å². The SMILES string of the molecule is Cc1ccc(NC(=O)Nc2sc(C(C)(C)C)cc2C(=O)N2CCN(C)C(=O)C2(C)C)cc1-c1ccc(C(=O)N2CCOCC2)nc1.[HH].[HH]. The van der Waals surface area contributed by atoms with Gasteiger partial charge < -0.3 is 24.8 Å². The van der Waals surface area contributed by atoms with E-state index < -0.39 is 11.6 Å². The molecule has 0 bridgehead atoms. The number of aryl methyl sites for hydroxylation is 1. The average molecular weight is 651 g/mol. The molecular formula is C34H46N6O5S. The Bertz CT molecular complexity index is 1670. The van der Waals surface area contributed by atoms with Crippen molar-refractivity contribution < 1.29 is 26.8 Å². The Morgan fingerprint density at radius 1 is 0.978 bits per heavy atom. The normalized spacial score (nSPS) is 16.8. The van der Waals surface area contributed by atoms with Gasteiger partial charge in [0.25, 0.3) is 11.8 Å². The molecule has 0 aliphatic carbocycles. The van der Waals surface area contributed by atoms with E-state index in [1.165, 1.54) is 11.3 Å². The molecular weight excluding hydrogens is 604 g/mol. The molecule has 3 aromatic rings. The highest BCUT2D eigenvalue weighted by Crippen LogP contribution is 2.38. The maximum atomic E-state index is 13.9. The van der Waals surface area contributed by atoms with Gasteiger partial charge >= 0.3 is 6.03 Å². The largest absolute Gasteiger partial charge is 0.378 e. The topological polar surface area (TPSA) is 124 Å². The third-order valence-corrected chi connectivity index (χ3v) is 9.94. The number of rotatable bonds is 5. The fourth-order valence-corrected chi connectivity index (χ4v) is 6.71. The van der Waals surface area contributed by atoms with E-state index in [2.05, 4.69) is 15.6 Å². The maximum Gasteiger partial charge on any atom is 0.324 e. The van der Waals surface area contributed by atoms with Crippen LogP contribution in [0.15, 0.2) is 42.6 Å². The quantitative estimate of drug-likeness (QED) is 0.364. The number of carbonyl (C=O) groups excluding carboxylic acids is 4. The molecule has 2 saturated heterocycles. The van der Waals surface area contributed by atoms with Crippen LogP contribution in [0, 0.1) is 6.92 Å². The van der Waals surface area contributed by atoms with Crippen LogP contribution in [0.25, 0.3) is 11.1 Å². The van der Waals surface area contributed by atoms with Gasteiger partial charge in [0.2, 0.25) is 5.91 Å². The lowest BCUT2D eigenvalue weighted by molar-refractivity contribution is -0.144. The summed E-state index contributed by atoms with van der Waals surface area (Å²) in [5.41, 5.74) is 2.66. The summed E-state index contributed by atoms with van der Waals surface area (Å²) in [6.45, 7) is 14.6. The lowest BCUT2D eigenvalue weighted by Crippen LogP contribution is -2.63. The van der Waals surface area contributed by atoms with Crippen LogP contribution in [0.5, 0.6) is 0 Å². The Balaban J connectivity index is 0.00000312. The van der Waals surface area contributed by atoms with Gasteiger partial charge in [0.05, 0.1) is 18.8 Å². The van der Waals surface area contributed by atoms with Crippen molar-refractivity contribution in [1.82, 2.24) is 19.7 Å². The van der Waals surface area contributed by atoms with E-state index in [4.69, 9.17) is 4.74 Å². The van der Waals surface area contributed by atoms with E-state index in [0.717, 1.165) is 21.6 Å². The zero-order valence-corrected chi connectivity index (χ0v) is 28.3. The van der Waals surface area contributed by atoms with E-state index in [1.54, 1.807) is 47.9 Å². The van der Waals surface area contributed by atoms with Crippen molar-refractivity contribution in [2.75, 3.05) is 57.1 Å². The molecule has 2 aliphatic rings. The number of nitrogens with zero attached hydrogens (tertiary/aromatic N) is 4. The third kappa shape index (κ3) is 6.78. The number of benzene rings is 1. The van der Waals surface area contributed by atoms with Gasteiger partial charge in [-0.25, -0.2) is 4.79 Å². The number of hydrogen-bond acceptors (Lipinski definition) is 7. The average Bonchev–Trinajstić information content (AvgIpc) is 3.45. The number of pyridine rings is 1. The number of anilines is 2. The van der Waals surface area contributed by atoms with Gasteiger partial charge in [-0.15, -0.1) is 11.3 Å². The predicted octanol–water partition coefficient (Wildman–Crippen LogP) is 5.72. The summed E-state index contributed by atoms with van der Waals surface area (Å²) >= 11 is 1.35. The zero-order valence-electron chi connectivity index (χ0n) is 27.5. The van der Waals surface area contributed by atoms with E-state index in [9.17, 15) is 19.2 Å². The van der Waals surface area contributed by atoms with Crippen molar-refractivity contribution in [3.8, 4) is 11.1 Å². The molecule has 2 aliphatic heterocycles. The van der Waals surface area contributed by atoms with Crippen molar-refractivity contribution in [1.29, 1.82) is 0 Å². The fourth-order valence-electron chi connectivity index (χ4n) is 5.61. The number of hydrogen-bond donors (Lipinski definition) is 2. The lowest BCUT2D eigenvalue weighted by atomic mass is 9.93.